The zero-order valence-electron chi connectivity index (χ0n) is 12.8. The Hall–Kier alpha value is -1.24. The molecule has 1 unspecified atom stereocenters. The SMILES string of the molecule is C=C(N)c1ccc2c(C)c1C(CCC)C(C)(C)CC2. The van der Waals surface area contributed by atoms with E-state index in [4.69, 9.17) is 5.73 Å². The molecule has 1 nitrogen and oxygen atoms in total. The minimum Gasteiger partial charge on any atom is -0.399 e. The molecule has 0 amide bonds. The average Bonchev–Trinajstić information content (AvgIpc) is 2.39. The lowest BCUT2D eigenvalue weighted by Crippen LogP contribution is -2.23. The van der Waals surface area contributed by atoms with Gasteiger partial charge in [0.05, 0.1) is 0 Å². The van der Waals surface area contributed by atoms with Crippen molar-refractivity contribution in [1.29, 1.82) is 0 Å². The van der Waals surface area contributed by atoms with Gasteiger partial charge in [0.25, 0.3) is 0 Å². The quantitative estimate of drug-likeness (QED) is 0.828. The maximum Gasteiger partial charge on any atom is 0.0317 e. The van der Waals surface area contributed by atoms with Crippen LogP contribution in [0, 0.1) is 12.3 Å². The number of hydrogen-bond donors (Lipinski definition) is 1. The van der Waals surface area contributed by atoms with E-state index in [0.29, 0.717) is 17.0 Å². The van der Waals surface area contributed by atoms with Crippen LogP contribution in [0.25, 0.3) is 5.70 Å². The van der Waals surface area contributed by atoms with Crippen LogP contribution >= 0.6 is 0 Å². The number of benzene rings is 1. The van der Waals surface area contributed by atoms with E-state index in [9.17, 15) is 0 Å². The summed E-state index contributed by atoms with van der Waals surface area (Å²) in [7, 11) is 0. The van der Waals surface area contributed by atoms with Crippen molar-refractivity contribution in [3.05, 3.63) is 41.0 Å². The molecule has 2 rings (SSSR count). The molecule has 19 heavy (non-hydrogen) atoms. The van der Waals surface area contributed by atoms with Gasteiger partial charge in [0.15, 0.2) is 0 Å². The van der Waals surface area contributed by atoms with Gasteiger partial charge in [-0.15, -0.1) is 0 Å². The van der Waals surface area contributed by atoms with Gasteiger partial charge in [-0.1, -0.05) is 45.9 Å². The summed E-state index contributed by atoms with van der Waals surface area (Å²) in [6.07, 6.45) is 4.89. The van der Waals surface area contributed by atoms with Gasteiger partial charge in [-0.05, 0) is 54.2 Å². The highest BCUT2D eigenvalue weighted by Gasteiger charge is 2.35. The number of hydrogen-bond acceptors (Lipinski definition) is 1. The van der Waals surface area contributed by atoms with Crippen molar-refractivity contribution in [1.82, 2.24) is 0 Å². The van der Waals surface area contributed by atoms with Crippen LogP contribution in [-0.2, 0) is 6.42 Å². The number of fused-ring (bicyclic) bond motifs is 2. The molecule has 1 aromatic rings. The molecule has 104 valence electrons. The summed E-state index contributed by atoms with van der Waals surface area (Å²) >= 11 is 0. The van der Waals surface area contributed by atoms with Gasteiger partial charge in [0, 0.05) is 11.3 Å². The van der Waals surface area contributed by atoms with Gasteiger partial charge in [-0.25, -0.2) is 0 Å². The Morgan fingerprint density at radius 2 is 2.11 bits per heavy atom. The lowest BCUT2D eigenvalue weighted by molar-refractivity contribution is 0.253. The predicted octanol–water partition coefficient (Wildman–Crippen LogP) is 4.78. The van der Waals surface area contributed by atoms with E-state index in [0.717, 1.165) is 0 Å². The molecule has 0 radical (unpaired) electrons. The van der Waals surface area contributed by atoms with E-state index in [1.54, 1.807) is 0 Å². The van der Waals surface area contributed by atoms with Crippen LogP contribution in [-0.4, -0.2) is 0 Å². The first-order valence-electron chi connectivity index (χ1n) is 7.45. The summed E-state index contributed by atoms with van der Waals surface area (Å²) in [5.41, 5.74) is 12.7. The first-order valence-corrected chi connectivity index (χ1v) is 7.45. The van der Waals surface area contributed by atoms with Gasteiger partial charge in [0.1, 0.15) is 0 Å². The smallest absolute Gasteiger partial charge is 0.0317 e. The second kappa shape index (κ2) is 5.03. The topological polar surface area (TPSA) is 26.0 Å². The summed E-state index contributed by atoms with van der Waals surface area (Å²) in [6, 6.07) is 4.43. The highest BCUT2D eigenvalue weighted by Crippen LogP contribution is 2.48. The molecule has 0 fully saturated rings. The zero-order valence-corrected chi connectivity index (χ0v) is 12.8. The fourth-order valence-corrected chi connectivity index (χ4v) is 3.62. The Labute approximate surface area is 117 Å². The maximum atomic E-state index is 6.04. The van der Waals surface area contributed by atoms with Gasteiger partial charge < -0.3 is 5.73 Å². The van der Waals surface area contributed by atoms with E-state index in [-0.39, 0.29) is 0 Å². The van der Waals surface area contributed by atoms with Crippen LogP contribution in [0.1, 0.15) is 68.2 Å². The van der Waals surface area contributed by atoms with E-state index >= 15 is 0 Å². The summed E-state index contributed by atoms with van der Waals surface area (Å²) in [6.45, 7) is 13.3. The molecule has 0 heterocycles. The predicted molar refractivity (Wildman–Crippen MR) is 84.2 cm³/mol. The lowest BCUT2D eigenvalue weighted by atomic mass is 9.70. The van der Waals surface area contributed by atoms with Gasteiger partial charge >= 0.3 is 0 Å². The molecule has 2 N–H and O–H groups in total. The highest BCUT2D eigenvalue weighted by molar-refractivity contribution is 5.67. The van der Waals surface area contributed by atoms with Crippen LogP contribution in [0.15, 0.2) is 18.7 Å². The van der Waals surface area contributed by atoms with Crippen LogP contribution < -0.4 is 5.73 Å². The standard InChI is InChI=1S/C18H27N/c1-6-7-16-17-12(2)14(10-11-18(16,4)5)8-9-15(17)13(3)19/h8-9,16H,3,6-7,10-11,19H2,1-2,4-5H3. The van der Waals surface area contributed by atoms with Crippen molar-refractivity contribution >= 4 is 5.70 Å². The van der Waals surface area contributed by atoms with Gasteiger partial charge in [-0.2, -0.15) is 0 Å². The van der Waals surface area contributed by atoms with Crippen LogP contribution in [0.4, 0.5) is 0 Å². The second-order valence-electron chi connectivity index (χ2n) is 6.67. The second-order valence-corrected chi connectivity index (χ2v) is 6.67. The largest absolute Gasteiger partial charge is 0.399 e. The van der Waals surface area contributed by atoms with Crippen LogP contribution in [0.3, 0.4) is 0 Å². The molecule has 0 aliphatic heterocycles. The van der Waals surface area contributed by atoms with Crippen LogP contribution in [0.5, 0.6) is 0 Å². The van der Waals surface area contributed by atoms with E-state index < -0.39 is 0 Å². The third-order valence-electron chi connectivity index (χ3n) is 4.88. The summed E-state index contributed by atoms with van der Waals surface area (Å²) in [4.78, 5) is 0. The normalized spacial score (nSPS) is 20.9. The molecule has 2 bridgehead atoms. The molecule has 1 heteroatoms. The Morgan fingerprint density at radius 3 is 2.68 bits per heavy atom. The molecule has 1 aromatic carbocycles. The fourth-order valence-electron chi connectivity index (χ4n) is 3.62. The minimum atomic E-state index is 0.334. The minimum absolute atomic E-state index is 0.334. The highest BCUT2D eigenvalue weighted by atomic mass is 14.6. The van der Waals surface area contributed by atoms with Crippen molar-refractivity contribution in [3.8, 4) is 0 Å². The fraction of sp³-hybridized carbons (Fsp3) is 0.556. The van der Waals surface area contributed by atoms with Gasteiger partial charge in [0.2, 0.25) is 0 Å². The molecule has 1 atom stereocenters. The van der Waals surface area contributed by atoms with Crippen molar-refractivity contribution < 1.29 is 0 Å². The third kappa shape index (κ3) is 2.43. The Morgan fingerprint density at radius 1 is 1.42 bits per heavy atom. The molecule has 1 aliphatic rings. The number of nitrogens with two attached hydrogens (primary N) is 1. The molecular formula is C18H27N. The summed E-state index contributed by atoms with van der Waals surface area (Å²) < 4.78 is 0. The van der Waals surface area contributed by atoms with Gasteiger partial charge in [-0.3, -0.25) is 0 Å². The van der Waals surface area contributed by atoms with Crippen LogP contribution in [0.2, 0.25) is 0 Å². The van der Waals surface area contributed by atoms with Crippen molar-refractivity contribution in [2.75, 3.05) is 0 Å². The van der Waals surface area contributed by atoms with Crippen molar-refractivity contribution in [2.45, 2.75) is 59.3 Å². The summed E-state index contributed by atoms with van der Waals surface area (Å²) in [5, 5.41) is 0. The molecule has 0 spiro atoms. The summed E-state index contributed by atoms with van der Waals surface area (Å²) in [5.74, 6) is 0.593. The first-order chi connectivity index (χ1) is 8.88. The van der Waals surface area contributed by atoms with Crippen molar-refractivity contribution in [2.24, 2.45) is 11.1 Å². The molecule has 0 saturated carbocycles. The molecule has 1 aliphatic carbocycles. The molecule has 0 aromatic heterocycles. The Bertz CT molecular complexity index is 497. The average molecular weight is 257 g/mol. The Kier molecular flexibility index (Phi) is 3.75. The Balaban J connectivity index is 2.66. The van der Waals surface area contributed by atoms with Crippen molar-refractivity contribution in [3.63, 3.8) is 0 Å². The van der Waals surface area contributed by atoms with E-state index in [1.807, 2.05) is 0 Å². The first kappa shape index (κ1) is 14.2. The monoisotopic (exact) mass is 257 g/mol. The number of rotatable bonds is 3. The lowest BCUT2D eigenvalue weighted by Gasteiger charge is -2.35. The van der Waals surface area contributed by atoms with E-state index in [2.05, 4.69) is 46.4 Å². The number of aryl methyl sites for hydroxylation is 1. The third-order valence-corrected chi connectivity index (χ3v) is 4.88. The molecular weight excluding hydrogens is 230 g/mol. The molecule has 0 saturated heterocycles. The van der Waals surface area contributed by atoms with E-state index in [1.165, 1.54) is 47.9 Å². The zero-order chi connectivity index (χ0) is 14.2. The maximum absolute atomic E-state index is 6.04.